The summed E-state index contributed by atoms with van der Waals surface area (Å²) in [4.78, 5) is 17.5. The normalized spacial score (nSPS) is 13.0. The molecule has 0 bridgehead atoms. The van der Waals surface area contributed by atoms with Gasteiger partial charge in [0.2, 0.25) is 0 Å². The Hall–Kier alpha value is -0.850. The number of hydrogen-bond acceptors (Lipinski definition) is 5. The van der Waals surface area contributed by atoms with Crippen LogP contribution in [0.25, 0.3) is 0 Å². The lowest BCUT2D eigenvalue weighted by molar-refractivity contribution is 0.0152. The van der Waals surface area contributed by atoms with Crippen molar-refractivity contribution in [2.75, 3.05) is 12.4 Å². The molecule has 0 saturated carbocycles. The number of aliphatic hydroxyl groups excluding tert-OH is 1. The first-order valence-electron chi connectivity index (χ1n) is 5.05. The number of nitrogens with one attached hydrogen (secondary N) is 1. The second kappa shape index (κ2) is 6.67. The summed E-state index contributed by atoms with van der Waals surface area (Å²) in [5, 5.41) is 10.1. The highest BCUT2D eigenvalue weighted by atomic mass is 32.2. The molecule has 0 aliphatic rings. The highest BCUT2D eigenvalue weighted by Crippen LogP contribution is 2.11. The third-order valence-electron chi connectivity index (χ3n) is 1.68. The van der Waals surface area contributed by atoms with Gasteiger partial charge in [-0.25, -0.2) is 4.98 Å². The van der Waals surface area contributed by atoms with Crippen molar-refractivity contribution in [3.05, 3.63) is 22.6 Å². The Morgan fingerprint density at radius 1 is 1.62 bits per heavy atom. The van der Waals surface area contributed by atoms with E-state index < -0.39 is 6.10 Å². The molecule has 1 rings (SSSR count). The van der Waals surface area contributed by atoms with Crippen LogP contribution in [0.4, 0.5) is 0 Å². The zero-order chi connectivity index (χ0) is 12.0. The first-order valence-corrected chi connectivity index (χ1v) is 6.04. The first kappa shape index (κ1) is 13.2. The van der Waals surface area contributed by atoms with E-state index in [4.69, 9.17) is 4.74 Å². The predicted molar refractivity (Wildman–Crippen MR) is 62.7 cm³/mol. The topological polar surface area (TPSA) is 75.2 Å². The third kappa shape index (κ3) is 5.29. The van der Waals surface area contributed by atoms with Crippen molar-refractivity contribution in [1.29, 1.82) is 0 Å². The number of aromatic nitrogens is 2. The van der Waals surface area contributed by atoms with Crippen molar-refractivity contribution in [2.24, 2.45) is 0 Å². The minimum atomic E-state index is -0.557. The molecule has 0 amide bonds. The highest BCUT2D eigenvalue weighted by molar-refractivity contribution is 7.99. The third-order valence-corrected chi connectivity index (χ3v) is 2.71. The number of hydrogen-bond donors (Lipinski definition) is 2. The quantitative estimate of drug-likeness (QED) is 0.567. The number of aromatic amines is 1. The van der Waals surface area contributed by atoms with Crippen LogP contribution in [0.2, 0.25) is 0 Å². The maximum atomic E-state index is 11.0. The van der Waals surface area contributed by atoms with Gasteiger partial charge in [0.25, 0.3) is 5.56 Å². The van der Waals surface area contributed by atoms with Gasteiger partial charge in [-0.3, -0.25) is 4.79 Å². The number of ether oxygens (including phenoxy) is 1. The first-order chi connectivity index (χ1) is 7.58. The number of rotatable bonds is 6. The van der Waals surface area contributed by atoms with Crippen LogP contribution in [0, 0.1) is 0 Å². The Morgan fingerprint density at radius 2 is 2.38 bits per heavy atom. The monoisotopic (exact) mass is 244 g/mol. The molecular formula is C10H16N2O3S. The van der Waals surface area contributed by atoms with E-state index in [1.54, 1.807) is 0 Å². The Morgan fingerprint density at radius 3 is 3.00 bits per heavy atom. The number of H-pyrrole nitrogens is 1. The molecular weight excluding hydrogens is 228 g/mol. The van der Waals surface area contributed by atoms with E-state index in [0.29, 0.717) is 17.5 Å². The second-order valence-corrected chi connectivity index (χ2v) is 4.59. The van der Waals surface area contributed by atoms with Gasteiger partial charge in [-0.15, -0.1) is 0 Å². The lowest BCUT2D eigenvalue weighted by atomic mass is 10.4. The van der Waals surface area contributed by atoms with Crippen LogP contribution < -0.4 is 5.56 Å². The van der Waals surface area contributed by atoms with Crippen LogP contribution in [-0.2, 0) is 4.74 Å². The summed E-state index contributed by atoms with van der Waals surface area (Å²) >= 11 is 1.30. The molecule has 1 atom stereocenters. The van der Waals surface area contributed by atoms with Crippen molar-refractivity contribution in [2.45, 2.75) is 31.2 Å². The predicted octanol–water partition coefficient (Wildman–Crippen LogP) is 0.648. The molecule has 6 heteroatoms. The molecule has 0 aliphatic carbocycles. The summed E-state index contributed by atoms with van der Waals surface area (Å²) in [5.74, 6) is 0.444. The van der Waals surface area contributed by atoms with Gasteiger partial charge in [0.15, 0.2) is 5.16 Å². The molecule has 1 unspecified atom stereocenters. The Labute approximate surface area is 98.3 Å². The Kier molecular flexibility index (Phi) is 5.51. The van der Waals surface area contributed by atoms with Crippen molar-refractivity contribution in [3.63, 3.8) is 0 Å². The van der Waals surface area contributed by atoms with Crippen molar-refractivity contribution >= 4 is 11.8 Å². The molecule has 90 valence electrons. The van der Waals surface area contributed by atoms with Crippen LogP contribution in [0.1, 0.15) is 13.8 Å². The van der Waals surface area contributed by atoms with Gasteiger partial charge in [-0.1, -0.05) is 11.8 Å². The maximum Gasteiger partial charge on any atom is 0.251 e. The molecule has 16 heavy (non-hydrogen) atoms. The van der Waals surface area contributed by atoms with Gasteiger partial charge >= 0.3 is 0 Å². The van der Waals surface area contributed by atoms with Gasteiger partial charge in [0, 0.05) is 18.0 Å². The van der Waals surface area contributed by atoms with Crippen LogP contribution in [0.5, 0.6) is 0 Å². The smallest absolute Gasteiger partial charge is 0.251 e. The molecule has 0 aromatic carbocycles. The molecule has 1 aromatic rings. The summed E-state index contributed by atoms with van der Waals surface area (Å²) in [5.41, 5.74) is -0.189. The summed E-state index contributed by atoms with van der Waals surface area (Å²) < 4.78 is 5.26. The average molecular weight is 244 g/mol. The van der Waals surface area contributed by atoms with Gasteiger partial charge in [-0.05, 0) is 13.8 Å². The summed E-state index contributed by atoms with van der Waals surface area (Å²) in [6.45, 7) is 4.12. The minimum absolute atomic E-state index is 0.106. The highest BCUT2D eigenvalue weighted by Gasteiger charge is 2.07. The van der Waals surface area contributed by atoms with Gasteiger partial charge in [0.1, 0.15) is 0 Å². The molecule has 0 saturated heterocycles. The van der Waals surface area contributed by atoms with E-state index in [9.17, 15) is 9.90 Å². The zero-order valence-electron chi connectivity index (χ0n) is 9.34. The van der Waals surface area contributed by atoms with E-state index in [1.165, 1.54) is 24.0 Å². The summed E-state index contributed by atoms with van der Waals surface area (Å²) in [7, 11) is 0. The van der Waals surface area contributed by atoms with Crippen LogP contribution in [0.15, 0.2) is 22.2 Å². The van der Waals surface area contributed by atoms with Crippen molar-refractivity contribution in [3.8, 4) is 0 Å². The fourth-order valence-corrected chi connectivity index (χ4v) is 1.71. The Balaban J connectivity index is 2.31. The van der Waals surface area contributed by atoms with E-state index in [0.717, 1.165) is 0 Å². The van der Waals surface area contributed by atoms with Crippen LogP contribution in [-0.4, -0.2) is 39.6 Å². The molecule has 1 heterocycles. The molecule has 1 aromatic heterocycles. The molecule has 0 radical (unpaired) electrons. The number of aliphatic hydroxyl groups is 1. The van der Waals surface area contributed by atoms with Crippen molar-refractivity contribution < 1.29 is 9.84 Å². The molecule has 5 nitrogen and oxygen atoms in total. The van der Waals surface area contributed by atoms with Gasteiger partial charge < -0.3 is 14.8 Å². The fourth-order valence-electron chi connectivity index (χ4n) is 0.952. The molecule has 0 aliphatic heterocycles. The van der Waals surface area contributed by atoms with Gasteiger partial charge in [-0.2, -0.15) is 0 Å². The second-order valence-electron chi connectivity index (χ2n) is 3.59. The Bertz CT molecular complexity index is 367. The number of thioether (sulfide) groups is 1. The van der Waals surface area contributed by atoms with Gasteiger partial charge in [0.05, 0.1) is 18.8 Å². The lowest BCUT2D eigenvalue weighted by Gasteiger charge is -2.12. The van der Waals surface area contributed by atoms with E-state index in [1.807, 2.05) is 13.8 Å². The standard InChI is InChI=1S/C10H16N2O3S/c1-7(2)15-5-8(13)6-16-10-11-4-3-9(14)12-10/h3-4,7-8,13H,5-6H2,1-2H3,(H,11,12,14). The largest absolute Gasteiger partial charge is 0.390 e. The summed E-state index contributed by atoms with van der Waals surface area (Å²) in [6, 6.07) is 1.35. The van der Waals surface area contributed by atoms with E-state index in [-0.39, 0.29) is 11.7 Å². The van der Waals surface area contributed by atoms with Crippen LogP contribution >= 0.6 is 11.8 Å². The van der Waals surface area contributed by atoms with Crippen LogP contribution in [0.3, 0.4) is 0 Å². The zero-order valence-corrected chi connectivity index (χ0v) is 10.2. The lowest BCUT2D eigenvalue weighted by Crippen LogP contribution is -2.21. The molecule has 2 N–H and O–H groups in total. The minimum Gasteiger partial charge on any atom is -0.390 e. The molecule has 0 fully saturated rings. The van der Waals surface area contributed by atoms with E-state index in [2.05, 4.69) is 9.97 Å². The average Bonchev–Trinajstić information content (AvgIpc) is 2.23. The number of nitrogens with zero attached hydrogens (tertiary/aromatic N) is 1. The maximum absolute atomic E-state index is 11.0. The fraction of sp³-hybridized carbons (Fsp3) is 0.600. The molecule has 0 spiro atoms. The summed E-state index contributed by atoms with van der Waals surface area (Å²) in [6.07, 6.45) is 0.991. The van der Waals surface area contributed by atoms with Crippen molar-refractivity contribution in [1.82, 2.24) is 9.97 Å². The SMILES string of the molecule is CC(C)OCC(O)CSc1nccc(=O)[nH]1. The van der Waals surface area contributed by atoms with E-state index >= 15 is 0 Å².